The molecule has 2 aromatic carbocycles. The fourth-order valence-electron chi connectivity index (χ4n) is 8.99. The Labute approximate surface area is 251 Å². The van der Waals surface area contributed by atoms with E-state index in [2.05, 4.69) is 0 Å². The molecule has 0 spiro atoms. The summed E-state index contributed by atoms with van der Waals surface area (Å²) in [6, 6.07) is 11.2. The van der Waals surface area contributed by atoms with E-state index in [1.54, 1.807) is 0 Å². The summed E-state index contributed by atoms with van der Waals surface area (Å²) in [5.41, 5.74) is -1.03. The molecule has 4 saturated carbocycles. The number of carbonyl (C=O) groups is 1. The second kappa shape index (κ2) is 11.8. The van der Waals surface area contributed by atoms with Gasteiger partial charge in [-0.1, -0.05) is 113 Å². The second-order valence-electron chi connectivity index (χ2n) is 14.2. The average Bonchev–Trinajstić information content (AvgIpc) is 3.01. The van der Waals surface area contributed by atoms with Crippen molar-refractivity contribution < 1.29 is 25.2 Å². The number of aliphatic hydroxyl groups is 4. The summed E-state index contributed by atoms with van der Waals surface area (Å²) in [5, 5.41) is 48.5. The molecule has 6 rings (SSSR count). The van der Waals surface area contributed by atoms with Crippen LogP contribution < -0.4 is 0 Å². The molecule has 4 N–H and O–H groups in total. The van der Waals surface area contributed by atoms with Crippen molar-refractivity contribution in [3.8, 4) is 0 Å². The first kappa shape index (κ1) is 30.0. The Morgan fingerprint density at radius 2 is 0.714 bits per heavy atom. The zero-order chi connectivity index (χ0) is 29.4. The lowest BCUT2D eigenvalue weighted by atomic mass is 9.67. The molecule has 0 bridgehead atoms. The highest BCUT2D eigenvalue weighted by Gasteiger charge is 2.45. The molecule has 4 aliphatic carbocycles. The Morgan fingerprint density at radius 3 is 1.02 bits per heavy atom. The van der Waals surface area contributed by atoms with Crippen LogP contribution in [-0.2, 0) is 22.4 Å². The van der Waals surface area contributed by atoms with Crippen molar-refractivity contribution in [3.63, 3.8) is 0 Å². The third-order valence-corrected chi connectivity index (χ3v) is 11.3. The van der Waals surface area contributed by atoms with Crippen molar-refractivity contribution in [2.45, 2.75) is 151 Å². The number of benzene rings is 2. The van der Waals surface area contributed by atoms with Crippen molar-refractivity contribution in [1.29, 1.82) is 0 Å². The second-order valence-corrected chi connectivity index (χ2v) is 14.2. The number of hydrogen-bond acceptors (Lipinski definition) is 5. The van der Waals surface area contributed by atoms with E-state index in [1.807, 2.05) is 36.4 Å². The fourth-order valence-corrected chi connectivity index (χ4v) is 8.99. The van der Waals surface area contributed by atoms with Gasteiger partial charge < -0.3 is 20.4 Å². The monoisotopic (exact) mass is 574 g/mol. The maximum absolute atomic E-state index is 15.0. The summed E-state index contributed by atoms with van der Waals surface area (Å²) in [5.74, 6) is -0.222. The van der Waals surface area contributed by atoms with Crippen LogP contribution in [-0.4, -0.2) is 26.2 Å². The van der Waals surface area contributed by atoms with Crippen molar-refractivity contribution >= 4 is 5.78 Å². The van der Waals surface area contributed by atoms with Crippen molar-refractivity contribution in [1.82, 2.24) is 0 Å². The summed E-state index contributed by atoms with van der Waals surface area (Å²) in [6.07, 6.45) is 16.2. The summed E-state index contributed by atoms with van der Waals surface area (Å²) >= 11 is 0. The molecule has 5 heteroatoms. The Bertz CT molecular complexity index is 1170. The van der Waals surface area contributed by atoms with Crippen LogP contribution in [0.5, 0.6) is 0 Å². The van der Waals surface area contributed by atoms with Crippen LogP contribution in [0.25, 0.3) is 0 Å². The maximum atomic E-state index is 15.0. The lowest BCUT2D eigenvalue weighted by molar-refractivity contribution is -0.0254. The van der Waals surface area contributed by atoms with Gasteiger partial charge in [0.1, 0.15) is 0 Å². The first-order valence-corrected chi connectivity index (χ1v) is 16.9. The van der Waals surface area contributed by atoms with E-state index in [4.69, 9.17) is 0 Å². The van der Waals surface area contributed by atoms with Crippen LogP contribution in [0.2, 0.25) is 0 Å². The SMILES string of the molecule is O=C(c1cccc(C2(O)CCCCC2)c1C1(O)CCCCC1)c1cccc(C2(O)CCCCC2)c1C1(O)CCCCC1. The van der Waals surface area contributed by atoms with Crippen LogP contribution in [0.3, 0.4) is 0 Å². The predicted molar refractivity (Wildman–Crippen MR) is 164 cm³/mol. The van der Waals surface area contributed by atoms with E-state index in [1.165, 1.54) is 0 Å². The summed E-state index contributed by atoms with van der Waals surface area (Å²) in [4.78, 5) is 15.0. The number of carbonyl (C=O) groups excluding carboxylic acids is 1. The first-order valence-electron chi connectivity index (χ1n) is 16.9. The van der Waals surface area contributed by atoms with Crippen LogP contribution >= 0.6 is 0 Å². The van der Waals surface area contributed by atoms with E-state index in [9.17, 15) is 25.2 Å². The summed E-state index contributed by atoms with van der Waals surface area (Å²) in [6.45, 7) is 0. The minimum Gasteiger partial charge on any atom is -0.385 e. The number of hydrogen-bond donors (Lipinski definition) is 4. The van der Waals surface area contributed by atoms with Gasteiger partial charge in [0, 0.05) is 22.3 Å². The molecule has 0 saturated heterocycles. The molecule has 4 aliphatic rings. The van der Waals surface area contributed by atoms with Crippen molar-refractivity contribution in [3.05, 3.63) is 69.8 Å². The third-order valence-electron chi connectivity index (χ3n) is 11.3. The number of rotatable bonds is 6. The van der Waals surface area contributed by atoms with Gasteiger partial charge in [0.2, 0.25) is 0 Å². The molecular weight excluding hydrogens is 524 g/mol. The third kappa shape index (κ3) is 5.40. The topological polar surface area (TPSA) is 98.0 Å². The average molecular weight is 575 g/mol. The van der Waals surface area contributed by atoms with Gasteiger partial charge in [0.15, 0.2) is 5.78 Å². The highest BCUT2D eigenvalue weighted by atomic mass is 16.3. The van der Waals surface area contributed by atoms with Gasteiger partial charge in [-0.25, -0.2) is 0 Å². The summed E-state index contributed by atoms with van der Waals surface area (Å²) < 4.78 is 0. The van der Waals surface area contributed by atoms with E-state index >= 15 is 0 Å². The molecule has 5 nitrogen and oxygen atoms in total. The van der Waals surface area contributed by atoms with Crippen LogP contribution in [0.15, 0.2) is 36.4 Å². The largest absolute Gasteiger partial charge is 0.385 e. The zero-order valence-electron chi connectivity index (χ0n) is 25.3. The van der Waals surface area contributed by atoms with Crippen molar-refractivity contribution in [2.75, 3.05) is 0 Å². The quantitative estimate of drug-likeness (QED) is 0.268. The van der Waals surface area contributed by atoms with Gasteiger partial charge in [0.05, 0.1) is 22.4 Å². The highest BCUT2D eigenvalue weighted by molar-refractivity contribution is 6.11. The Hall–Kier alpha value is -2.05. The minimum atomic E-state index is -1.19. The Morgan fingerprint density at radius 1 is 0.429 bits per heavy atom. The minimum absolute atomic E-state index is 0.222. The summed E-state index contributed by atoms with van der Waals surface area (Å²) in [7, 11) is 0. The Balaban J connectivity index is 1.55. The fraction of sp³-hybridized carbons (Fsp3) is 0.649. The van der Waals surface area contributed by atoms with E-state index in [0.29, 0.717) is 84.7 Å². The molecule has 0 atom stereocenters. The zero-order valence-corrected chi connectivity index (χ0v) is 25.3. The first-order chi connectivity index (χ1) is 20.2. The molecule has 0 unspecified atom stereocenters. The predicted octanol–water partition coefficient (Wildman–Crippen LogP) is 7.52. The Kier molecular flexibility index (Phi) is 8.43. The lowest BCUT2D eigenvalue weighted by Gasteiger charge is -2.42. The van der Waals surface area contributed by atoms with Gasteiger partial charge in [-0.05, 0) is 62.5 Å². The molecule has 0 aliphatic heterocycles. The van der Waals surface area contributed by atoms with E-state index in [0.717, 1.165) is 77.0 Å². The van der Waals surface area contributed by atoms with Gasteiger partial charge in [0.25, 0.3) is 0 Å². The molecule has 0 amide bonds. The van der Waals surface area contributed by atoms with E-state index in [-0.39, 0.29) is 5.78 Å². The normalized spacial score (nSPS) is 25.0. The molecule has 2 aromatic rings. The molecular formula is C37H50O5. The van der Waals surface area contributed by atoms with Crippen LogP contribution in [0.4, 0.5) is 0 Å². The smallest absolute Gasteiger partial charge is 0.193 e. The molecule has 0 heterocycles. The molecule has 0 aromatic heterocycles. The van der Waals surface area contributed by atoms with Gasteiger partial charge in [-0.2, -0.15) is 0 Å². The molecule has 42 heavy (non-hydrogen) atoms. The maximum Gasteiger partial charge on any atom is 0.193 e. The molecule has 228 valence electrons. The van der Waals surface area contributed by atoms with Crippen molar-refractivity contribution in [2.24, 2.45) is 0 Å². The highest BCUT2D eigenvalue weighted by Crippen LogP contribution is 2.50. The van der Waals surface area contributed by atoms with Gasteiger partial charge >= 0.3 is 0 Å². The van der Waals surface area contributed by atoms with Gasteiger partial charge in [-0.3, -0.25) is 4.79 Å². The molecule has 0 radical (unpaired) electrons. The number of ketones is 1. The van der Waals surface area contributed by atoms with E-state index < -0.39 is 22.4 Å². The van der Waals surface area contributed by atoms with Crippen LogP contribution in [0, 0.1) is 0 Å². The standard InChI is InChI=1S/C37H50O5/c38-33(27-15-13-17-29(34(39)19-5-1-6-20-34)31(27)36(41)23-9-3-10-24-36)28-16-14-18-30(35(40)21-7-2-8-22-35)32(28)37(42)25-11-4-12-26-37/h13-18,39-42H,1-12,19-26H2. The molecule has 4 fully saturated rings. The van der Waals surface area contributed by atoms with Crippen LogP contribution in [0.1, 0.15) is 167 Å². The lowest BCUT2D eigenvalue weighted by Crippen LogP contribution is -2.39. The van der Waals surface area contributed by atoms with Gasteiger partial charge in [-0.15, -0.1) is 0 Å².